The number of hydrogen-bond donors (Lipinski definition) is 2. The van der Waals surface area contributed by atoms with E-state index >= 15 is 0 Å². The Labute approximate surface area is 217 Å². The third-order valence-corrected chi connectivity index (χ3v) is 5.86. The van der Waals surface area contributed by atoms with Gasteiger partial charge in [0.2, 0.25) is 0 Å². The number of unbranched alkanes of at least 4 members (excludes halogenated alkanes) is 5. The van der Waals surface area contributed by atoms with Crippen LogP contribution >= 0.6 is 0 Å². The van der Waals surface area contributed by atoms with E-state index in [1.807, 2.05) is 0 Å². The van der Waals surface area contributed by atoms with Gasteiger partial charge < -0.3 is 24.8 Å². The summed E-state index contributed by atoms with van der Waals surface area (Å²) < 4.78 is 38.3. The zero-order chi connectivity index (χ0) is 27.0. The second-order valence-electron chi connectivity index (χ2n) is 8.79. The number of urea groups is 1. The average Bonchev–Trinajstić information content (AvgIpc) is 2.87. The van der Waals surface area contributed by atoms with Gasteiger partial charge in [0.1, 0.15) is 24.0 Å². The number of amides is 2. The smallest absolute Gasteiger partial charge is 0.333 e. The molecule has 7 nitrogen and oxygen atoms in total. The first-order valence-corrected chi connectivity index (χ1v) is 12.9. The van der Waals surface area contributed by atoms with Gasteiger partial charge in [-0.15, -0.1) is 0 Å². The number of aliphatic carboxylic acids is 1. The summed E-state index contributed by atoms with van der Waals surface area (Å²) in [6.07, 6.45) is 5.71. The van der Waals surface area contributed by atoms with Crippen LogP contribution in [-0.4, -0.2) is 54.4 Å². The maximum Gasteiger partial charge on any atom is 0.333 e. The number of carbonyl (C=O) groups excluding carboxylic acids is 1. The van der Waals surface area contributed by atoms with Gasteiger partial charge in [-0.25, -0.2) is 18.4 Å². The number of nitrogens with zero attached hydrogens (tertiary/aromatic N) is 1. The summed E-state index contributed by atoms with van der Waals surface area (Å²) in [6.45, 7) is 5.19. The van der Waals surface area contributed by atoms with E-state index in [1.165, 1.54) is 12.5 Å². The van der Waals surface area contributed by atoms with Crippen molar-refractivity contribution in [3.63, 3.8) is 0 Å². The Morgan fingerprint density at radius 1 is 0.973 bits per heavy atom. The number of halogens is 2. The van der Waals surface area contributed by atoms with Crippen LogP contribution in [0, 0.1) is 11.6 Å². The van der Waals surface area contributed by atoms with Crippen molar-refractivity contribution < 1.29 is 33.0 Å². The molecule has 0 saturated carbocycles. The first-order valence-electron chi connectivity index (χ1n) is 12.9. The van der Waals surface area contributed by atoms with E-state index in [-0.39, 0.29) is 25.3 Å². The van der Waals surface area contributed by atoms with Gasteiger partial charge in [-0.1, -0.05) is 51.2 Å². The van der Waals surface area contributed by atoms with Crippen LogP contribution in [0.4, 0.5) is 19.3 Å². The van der Waals surface area contributed by atoms with Gasteiger partial charge in [-0.05, 0) is 43.2 Å². The molecule has 0 fully saturated rings. The fraction of sp³-hybridized carbons (Fsp3) is 0.500. The van der Waals surface area contributed by atoms with Gasteiger partial charge in [-0.3, -0.25) is 0 Å². The number of rotatable bonds is 17. The summed E-state index contributed by atoms with van der Waals surface area (Å²) in [6, 6.07) is 9.59. The molecule has 0 aromatic heterocycles. The maximum atomic E-state index is 14.0. The minimum Gasteiger partial charge on any atom is -0.492 e. The third-order valence-electron chi connectivity index (χ3n) is 5.86. The SMILES string of the molecule is CCCCCCCCN(CCOc1ccc(CC(OCC)C(=O)O)cc1)C(=O)Nc1ccc(F)cc1F. The van der Waals surface area contributed by atoms with Crippen molar-refractivity contribution in [2.24, 2.45) is 0 Å². The molecule has 0 saturated heterocycles. The molecule has 1 atom stereocenters. The molecule has 2 aromatic carbocycles. The van der Waals surface area contributed by atoms with Crippen LogP contribution < -0.4 is 10.1 Å². The van der Waals surface area contributed by atoms with Crippen LogP contribution in [0.25, 0.3) is 0 Å². The molecule has 0 bridgehead atoms. The van der Waals surface area contributed by atoms with E-state index in [0.29, 0.717) is 18.9 Å². The molecular formula is C28H38F2N2O5. The Hall–Kier alpha value is -3.20. The molecule has 0 radical (unpaired) electrons. The Morgan fingerprint density at radius 2 is 1.68 bits per heavy atom. The second kappa shape index (κ2) is 16.5. The molecule has 2 amide bonds. The van der Waals surface area contributed by atoms with E-state index < -0.39 is 29.7 Å². The number of nitrogens with one attached hydrogen (secondary N) is 1. The lowest BCUT2D eigenvalue weighted by atomic mass is 10.1. The molecule has 1 unspecified atom stereocenters. The van der Waals surface area contributed by atoms with Crippen molar-refractivity contribution in [2.75, 3.05) is 31.6 Å². The lowest BCUT2D eigenvalue weighted by Crippen LogP contribution is -2.38. The number of carboxylic acids is 1. The predicted molar refractivity (Wildman–Crippen MR) is 139 cm³/mol. The Morgan fingerprint density at radius 3 is 2.32 bits per heavy atom. The monoisotopic (exact) mass is 520 g/mol. The number of carbonyl (C=O) groups is 2. The van der Waals surface area contributed by atoms with E-state index in [0.717, 1.165) is 49.8 Å². The van der Waals surface area contributed by atoms with Gasteiger partial charge in [0.15, 0.2) is 6.10 Å². The summed E-state index contributed by atoms with van der Waals surface area (Å²) in [4.78, 5) is 25.7. The van der Waals surface area contributed by atoms with Crippen molar-refractivity contribution in [1.82, 2.24) is 4.90 Å². The molecule has 204 valence electrons. The highest BCUT2D eigenvalue weighted by atomic mass is 19.1. The number of ether oxygens (including phenoxy) is 2. The standard InChI is InChI=1S/C28H38F2N2O5/c1-3-5-6-7-8-9-16-32(28(35)31-25-15-12-22(29)20-24(25)30)17-18-37-23-13-10-21(11-14-23)19-26(27(33)34)36-4-2/h10-15,20,26H,3-9,16-19H2,1-2H3,(H,31,35)(H,33,34). The van der Waals surface area contributed by atoms with Crippen LogP contribution in [-0.2, 0) is 16.0 Å². The minimum atomic E-state index is -1.01. The Kier molecular flexibility index (Phi) is 13.4. The normalized spacial score (nSPS) is 11.7. The number of anilines is 1. The van der Waals surface area contributed by atoms with Crippen molar-refractivity contribution in [3.8, 4) is 5.75 Å². The molecule has 0 aliphatic carbocycles. The van der Waals surface area contributed by atoms with Crippen LogP contribution in [0.3, 0.4) is 0 Å². The van der Waals surface area contributed by atoms with Crippen molar-refractivity contribution >= 4 is 17.7 Å². The fourth-order valence-electron chi connectivity index (χ4n) is 3.81. The van der Waals surface area contributed by atoms with Crippen molar-refractivity contribution in [1.29, 1.82) is 0 Å². The zero-order valence-electron chi connectivity index (χ0n) is 21.7. The summed E-state index contributed by atoms with van der Waals surface area (Å²) >= 11 is 0. The van der Waals surface area contributed by atoms with Gasteiger partial charge in [0.25, 0.3) is 0 Å². The number of hydrogen-bond acceptors (Lipinski definition) is 4. The van der Waals surface area contributed by atoms with Crippen molar-refractivity contribution in [2.45, 2.75) is 64.9 Å². The predicted octanol–water partition coefficient (Wildman–Crippen LogP) is 6.27. The first-order chi connectivity index (χ1) is 17.8. The van der Waals surface area contributed by atoms with Gasteiger partial charge in [0, 0.05) is 25.6 Å². The van der Waals surface area contributed by atoms with Gasteiger partial charge >= 0.3 is 12.0 Å². The summed E-state index contributed by atoms with van der Waals surface area (Å²) in [5.74, 6) is -1.98. The van der Waals surface area contributed by atoms with E-state index in [2.05, 4.69) is 12.2 Å². The minimum absolute atomic E-state index is 0.0810. The molecule has 2 N–H and O–H groups in total. The Balaban J connectivity index is 1.92. The highest BCUT2D eigenvalue weighted by molar-refractivity contribution is 5.89. The van der Waals surface area contributed by atoms with Gasteiger partial charge in [0.05, 0.1) is 12.2 Å². The topological polar surface area (TPSA) is 88.1 Å². The molecule has 0 spiro atoms. The maximum absolute atomic E-state index is 14.0. The lowest BCUT2D eigenvalue weighted by molar-refractivity contribution is -0.149. The van der Waals surface area contributed by atoms with Crippen LogP contribution in [0.2, 0.25) is 0 Å². The quantitative estimate of drug-likeness (QED) is 0.240. The van der Waals surface area contributed by atoms with E-state index in [1.54, 1.807) is 36.1 Å². The van der Waals surface area contributed by atoms with Crippen LogP contribution in [0.15, 0.2) is 42.5 Å². The first kappa shape index (κ1) is 30.0. The molecule has 37 heavy (non-hydrogen) atoms. The molecule has 0 aliphatic heterocycles. The number of carboxylic acid groups (broad SMARTS) is 1. The van der Waals surface area contributed by atoms with E-state index in [4.69, 9.17) is 9.47 Å². The molecule has 0 aliphatic rings. The zero-order valence-corrected chi connectivity index (χ0v) is 21.7. The molecule has 2 aromatic rings. The van der Waals surface area contributed by atoms with E-state index in [9.17, 15) is 23.5 Å². The molecule has 2 rings (SSSR count). The van der Waals surface area contributed by atoms with Crippen LogP contribution in [0.5, 0.6) is 5.75 Å². The molecule has 0 heterocycles. The van der Waals surface area contributed by atoms with Gasteiger partial charge in [-0.2, -0.15) is 0 Å². The molecular weight excluding hydrogens is 482 g/mol. The number of benzene rings is 2. The summed E-state index contributed by atoms with van der Waals surface area (Å²) in [7, 11) is 0. The highest BCUT2D eigenvalue weighted by Gasteiger charge is 2.18. The fourth-order valence-corrected chi connectivity index (χ4v) is 3.81. The second-order valence-corrected chi connectivity index (χ2v) is 8.79. The third kappa shape index (κ3) is 11.2. The largest absolute Gasteiger partial charge is 0.492 e. The van der Waals surface area contributed by atoms with Crippen molar-refractivity contribution in [3.05, 3.63) is 59.7 Å². The summed E-state index contributed by atoms with van der Waals surface area (Å²) in [5, 5.41) is 11.8. The summed E-state index contributed by atoms with van der Waals surface area (Å²) in [5.41, 5.74) is 0.723. The average molecular weight is 521 g/mol. The Bertz CT molecular complexity index is 972. The lowest BCUT2D eigenvalue weighted by Gasteiger charge is -2.23. The highest BCUT2D eigenvalue weighted by Crippen LogP contribution is 2.17. The van der Waals surface area contributed by atoms with Crippen LogP contribution in [0.1, 0.15) is 57.9 Å². The molecule has 9 heteroatoms.